The highest BCUT2D eigenvalue weighted by molar-refractivity contribution is 7.16. The summed E-state index contributed by atoms with van der Waals surface area (Å²) in [4.78, 5) is 15.4. The molecule has 0 radical (unpaired) electrons. The summed E-state index contributed by atoms with van der Waals surface area (Å²) in [5, 5.41) is 4.64. The average Bonchev–Trinajstić information content (AvgIpc) is 2.75. The highest BCUT2D eigenvalue weighted by atomic mass is 32.1. The molecule has 2 aromatic rings. The van der Waals surface area contributed by atoms with Gasteiger partial charge in [-0.25, -0.2) is 4.98 Å². The van der Waals surface area contributed by atoms with Crippen LogP contribution < -0.4 is 0 Å². The summed E-state index contributed by atoms with van der Waals surface area (Å²) >= 11 is 1.38. The van der Waals surface area contributed by atoms with Crippen LogP contribution in [0.1, 0.15) is 15.5 Å². The van der Waals surface area contributed by atoms with Crippen LogP contribution in [0, 0.1) is 6.92 Å². The zero-order valence-electron chi connectivity index (χ0n) is 7.89. The highest BCUT2D eigenvalue weighted by Crippen LogP contribution is 2.27. The molecule has 0 aromatic carbocycles. The predicted molar refractivity (Wildman–Crippen MR) is 54.4 cm³/mol. The van der Waals surface area contributed by atoms with E-state index in [1.165, 1.54) is 11.3 Å². The number of aldehydes is 1. The molecule has 14 heavy (non-hydrogen) atoms. The SMILES string of the molecule is Cc1c(-c2cnc(C=O)s2)cnn1C. The largest absolute Gasteiger partial charge is 0.295 e. The van der Waals surface area contributed by atoms with E-state index >= 15 is 0 Å². The quantitative estimate of drug-likeness (QED) is 0.704. The molecular weight excluding hydrogens is 198 g/mol. The van der Waals surface area contributed by atoms with Gasteiger partial charge in [-0.15, -0.1) is 11.3 Å². The van der Waals surface area contributed by atoms with Gasteiger partial charge < -0.3 is 0 Å². The second-order valence-electron chi connectivity index (χ2n) is 2.95. The topological polar surface area (TPSA) is 47.8 Å². The van der Waals surface area contributed by atoms with Crippen LogP contribution in [0.5, 0.6) is 0 Å². The first kappa shape index (κ1) is 9.08. The fourth-order valence-electron chi connectivity index (χ4n) is 1.21. The maximum atomic E-state index is 10.5. The molecule has 0 aliphatic heterocycles. The Labute approximate surface area is 85.2 Å². The van der Waals surface area contributed by atoms with E-state index in [1.54, 1.807) is 17.1 Å². The lowest BCUT2D eigenvalue weighted by molar-refractivity contribution is 0.112. The standard InChI is InChI=1S/C9H9N3OS/c1-6-7(3-11-12(6)2)8-4-10-9(5-13)14-8/h3-5H,1-2H3. The molecule has 0 N–H and O–H groups in total. The molecule has 5 heteroatoms. The second kappa shape index (κ2) is 3.34. The number of hydrogen-bond donors (Lipinski definition) is 0. The molecule has 2 heterocycles. The molecule has 0 unspecified atom stereocenters. The van der Waals surface area contributed by atoms with E-state index in [2.05, 4.69) is 10.1 Å². The Bertz CT molecular complexity index is 472. The number of carbonyl (C=O) groups is 1. The van der Waals surface area contributed by atoms with Gasteiger partial charge in [-0.3, -0.25) is 9.48 Å². The number of carbonyl (C=O) groups excluding carboxylic acids is 1. The van der Waals surface area contributed by atoms with Crippen molar-refractivity contribution in [2.75, 3.05) is 0 Å². The lowest BCUT2D eigenvalue weighted by Crippen LogP contribution is -1.91. The molecule has 0 amide bonds. The van der Waals surface area contributed by atoms with Gasteiger partial charge in [-0.2, -0.15) is 5.10 Å². The van der Waals surface area contributed by atoms with E-state index < -0.39 is 0 Å². The molecule has 0 saturated carbocycles. The van der Waals surface area contributed by atoms with Crippen molar-refractivity contribution in [3.05, 3.63) is 23.1 Å². The summed E-state index contributed by atoms with van der Waals surface area (Å²) in [6.07, 6.45) is 4.26. The zero-order valence-corrected chi connectivity index (χ0v) is 8.71. The first-order chi connectivity index (χ1) is 6.72. The molecule has 0 aliphatic rings. The minimum Gasteiger partial charge on any atom is -0.295 e. The Morgan fingerprint density at radius 2 is 2.29 bits per heavy atom. The molecule has 0 aliphatic carbocycles. The molecule has 4 nitrogen and oxygen atoms in total. The van der Waals surface area contributed by atoms with Crippen molar-refractivity contribution in [2.45, 2.75) is 6.92 Å². The molecule has 0 saturated heterocycles. The number of thiazole rings is 1. The van der Waals surface area contributed by atoms with E-state index in [-0.39, 0.29) is 0 Å². The summed E-state index contributed by atoms with van der Waals surface area (Å²) in [5.41, 5.74) is 2.11. The van der Waals surface area contributed by atoms with Crippen LogP contribution >= 0.6 is 11.3 Å². The molecule has 72 valence electrons. The minimum atomic E-state index is 0.503. The van der Waals surface area contributed by atoms with Crippen LogP contribution in [0.4, 0.5) is 0 Å². The normalized spacial score (nSPS) is 10.4. The molecular formula is C9H9N3OS. The maximum Gasteiger partial charge on any atom is 0.178 e. The fourth-order valence-corrected chi connectivity index (χ4v) is 2.00. The van der Waals surface area contributed by atoms with Gasteiger partial charge in [0.1, 0.15) is 0 Å². The zero-order chi connectivity index (χ0) is 10.1. The van der Waals surface area contributed by atoms with Crippen LogP contribution in [0.3, 0.4) is 0 Å². The molecule has 0 atom stereocenters. The number of nitrogens with zero attached hydrogens (tertiary/aromatic N) is 3. The van der Waals surface area contributed by atoms with Crippen molar-refractivity contribution in [2.24, 2.45) is 7.05 Å². The number of rotatable bonds is 2. The number of hydrogen-bond acceptors (Lipinski definition) is 4. The Morgan fingerprint density at radius 1 is 1.50 bits per heavy atom. The van der Waals surface area contributed by atoms with Gasteiger partial charge in [0.25, 0.3) is 0 Å². The van der Waals surface area contributed by atoms with Crippen LogP contribution in [0.25, 0.3) is 10.4 Å². The molecule has 0 bridgehead atoms. The maximum absolute atomic E-state index is 10.5. The fraction of sp³-hybridized carbons (Fsp3) is 0.222. The van der Waals surface area contributed by atoms with E-state index in [4.69, 9.17) is 0 Å². The van der Waals surface area contributed by atoms with Crippen LogP contribution in [-0.4, -0.2) is 21.1 Å². The molecule has 0 spiro atoms. The van der Waals surface area contributed by atoms with E-state index in [0.29, 0.717) is 5.01 Å². The summed E-state index contributed by atoms with van der Waals surface area (Å²) in [5.74, 6) is 0. The van der Waals surface area contributed by atoms with Gasteiger partial charge in [0.2, 0.25) is 0 Å². The first-order valence-corrected chi connectivity index (χ1v) is 4.94. The molecule has 2 rings (SSSR count). The monoisotopic (exact) mass is 207 g/mol. The Morgan fingerprint density at radius 3 is 2.79 bits per heavy atom. The lowest BCUT2D eigenvalue weighted by Gasteiger charge is -1.95. The second-order valence-corrected chi connectivity index (χ2v) is 4.01. The van der Waals surface area contributed by atoms with Crippen molar-refractivity contribution in [1.82, 2.24) is 14.8 Å². The minimum absolute atomic E-state index is 0.503. The van der Waals surface area contributed by atoms with Gasteiger partial charge >= 0.3 is 0 Å². The van der Waals surface area contributed by atoms with Gasteiger partial charge in [-0.05, 0) is 6.92 Å². The third-order valence-electron chi connectivity index (χ3n) is 2.13. The van der Waals surface area contributed by atoms with Crippen LogP contribution in [-0.2, 0) is 7.05 Å². The number of aromatic nitrogens is 3. The third kappa shape index (κ3) is 1.35. The van der Waals surface area contributed by atoms with Gasteiger partial charge in [0.05, 0.1) is 11.1 Å². The summed E-state index contributed by atoms with van der Waals surface area (Å²) < 4.78 is 1.80. The smallest absolute Gasteiger partial charge is 0.178 e. The van der Waals surface area contributed by atoms with Crippen LogP contribution in [0.2, 0.25) is 0 Å². The Balaban J connectivity index is 2.49. The predicted octanol–water partition coefficient (Wildman–Crippen LogP) is 1.66. The Hall–Kier alpha value is -1.49. The average molecular weight is 207 g/mol. The van der Waals surface area contributed by atoms with E-state index in [1.807, 2.05) is 14.0 Å². The summed E-state index contributed by atoms with van der Waals surface area (Å²) in [6, 6.07) is 0. The highest BCUT2D eigenvalue weighted by Gasteiger charge is 2.09. The van der Waals surface area contributed by atoms with Crippen LogP contribution in [0.15, 0.2) is 12.4 Å². The van der Waals surface area contributed by atoms with Gasteiger partial charge in [0.15, 0.2) is 11.3 Å². The van der Waals surface area contributed by atoms with Crippen molar-refractivity contribution in [3.63, 3.8) is 0 Å². The molecule has 0 fully saturated rings. The number of aryl methyl sites for hydroxylation is 1. The van der Waals surface area contributed by atoms with Crippen molar-refractivity contribution in [3.8, 4) is 10.4 Å². The van der Waals surface area contributed by atoms with E-state index in [0.717, 1.165) is 22.4 Å². The third-order valence-corrected chi connectivity index (χ3v) is 3.08. The van der Waals surface area contributed by atoms with Gasteiger partial charge in [-0.1, -0.05) is 0 Å². The van der Waals surface area contributed by atoms with Crippen molar-refractivity contribution < 1.29 is 4.79 Å². The van der Waals surface area contributed by atoms with E-state index in [9.17, 15) is 4.79 Å². The lowest BCUT2D eigenvalue weighted by atomic mass is 10.2. The van der Waals surface area contributed by atoms with Gasteiger partial charge in [0, 0.05) is 24.5 Å². The van der Waals surface area contributed by atoms with Crippen molar-refractivity contribution >= 4 is 17.6 Å². The first-order valence-electron chi connectivity index (χ1n) is 4.12. The molecule has 2 aromatic heterocycles. The summed E-state index contributed by atoms with van der Waals surface area (Å²) in [7, 11) is 1.89. The summed E-state index contributed by atoms with van der Waals surface area (Å²) in [6.45, 7) is 1.99. The van der Waals surface area contributed by atoms with Crippen molar-refractivity contribution in [1.29, 1.82) is 0 Å². The Kier molecular flexibility index (Phi) is 2.17.